The number of carbonyl (C=O) groups excluding carboxylic acids is 2. The fraction of sp³-hybridized carbons (Fsp3) is 0.588. The second-order valence-electron chi connectivity index (χ2n) is 7.18. The van der Waals surface area contributed by atoms with E-state index < -0.39 is 11.6 Å². The summed E-state index contributed by atoms with van der Waals surface area (Å²) < 4.78 is 0.872. The third-order valence-corrected chi connectivity index (χ3v) is 5.95. The Morgan fingerprint density at radius 2 is 1.96 bits per heavy atom. The lowest BCUT2D eigenvalue weighted by molar-refractivity contribution is -0.140. The summed E-state index contributed by atoms with van der Waals surface area (Å²) in [6, 6.07) is 0. The Balaban J connectivity index is 1.86. The van der Waals surface area contributed by atoms with Gasteiger partial charge in [0.05, 0.1) is 5.92 Å². The van der Waals surface area contributed by atoms with E-state index in [4.69, 9.17) is 0 Å². The van der Waals surface area contributed by atoms with E-state index in [-0.39, 0.29) is 17.2 Å². The van der Waals surface area contributed by atoms with Crippen molar-refractivity contribution in [2.45, 2.75) is 51.6 Å². The Labute approximate surface area is 149 Å². The Morgan fingerprint density at radius 1 is 1.33 bits per heavy atom. The van der Waals surface area contributed by atoms with Crippen molar-refractivity contribution in [2.75, 3.05) is 0 Å². The van der Waals surface area contributed by atoms with E-state index in [9.17, 15) is 19.5 Å². The first-order chi connectivity index (χ1) is 11.2. The Hall–Kier alpha value is -1.63. The number of nitrogens with zero attached hydrogens (tertiary/aromatic N) is 1. The van der Waals surface area contributed by atoms with Gasteiger partial charge in [-0.3, -0.25) is 19.3 Å². The summed E-state index contributed by atoms with van der Waals surface area (Å²) in [5.41, 5.74) is 0.260. The Bertz CT molecular complexity index is 670. The second-order valence-corrected chi connectivity index (χ2v) is 8.43. The van der Waals surface area contributed by atoms with Crippen LogP contribution in [0.3, 0.4) is 0 Å². The zero-order chi connectivity index (χ0) is 17.7. The van der Waals surface area contributed by atoms with E-state index in [1.54, 1.807) is 6.92 Å². The van der Waals surface area contributed by atoms with Crippen LogP contribution in [0.15, 0.2) is 21.8 Å². The average molecular weight is 397 g/mol. The van der Waals surface area contributed by atoms with Crippen molar-refractivity contribution < 1.29 is 19.5 Å². The quantitative estimate of drug-likeness (QED) is 0.566. The van der Waals surface area contributed by atoms with Crippen LogP contribution in [0.4, 0.5) is 0 Å². The van der Waals surface area contributed by atoms with Crippen molar-refractivity contribution in [1.29, 1.82) is 0 Å². The van der Waals surface area contributed by atoms with Gasteiger partial charge >= 0.3 is 5.97 Å². The van der Waals surface area contributed by atoms with E-state index in [2.05, 4.69) is 21.2 Å². The van der Waals surface area contributed by atoms with E-state index in [1.165, 1.54) is 4.90 Å². The van der Waals surface area contributed by atoms with Crippen LogP contribution in [0.25, 0.3) is 0 Å². The van der Waals surface area contributed by atoms with Crippen molar-refractivity contribution >= 4 is 34.2 Å². The molecule has 130 valence electrons. The average Bonchev–Trinajstić information content (AvgIpc) is 3.13. The highest BCUT2D eigenvalue weighted by molar-refractivity contribution is 9.11. The Morgan fingerprint density at radius 3 is 2.42 bits per heavy atom. The van der Waals surface area contributed by atoms with Crippen LogP contribution >= 0.6 is 15.9 Å². The van der Waals surface area contributed by atoms with Crippen LogP contribution < -0.4 is 5.32 Å². The van der Waals surface area contributed by atoms with Crippen molar-refractivity contribution in [1.82, 2.24) is 10.2 Å². The first-order valence-electron chi connectivity index (χ1n) is 8.09. The number of nitrogens with one attached hydrogen (secondary N) is 1. The normalized spacial score (nSPS) is 37.6. The summed E-state index contributed by atoms with van der Waals surface area (Å²) in [5, 5.41) is 12.2. The van der Waals surface area contributed by atoms with E-state index in [0.29, 0.717) is 44.2 Å². The molecule has 1 unspecified atom stereocenters. The standard InChI is InChI=1S/C17H21BrN2O4/c1-10(7-11(2)18)13-14(22)19-17(20(13)9-21)5-3-16(4-6-17)8-12(16)15(23)24/h7,9,12H,3-6,8H2,1-2H3,(H,19,22)(H,23,24)/b11-7+,13-10-. The number of rotatable bonds is 3. The molecule has 0 radical (unpaired) electrons. The lowest BCUT2D eigenvalue weighted by Gasteiger charge is -2.41. The van der Waals surface area contributed by atoms with Gasteiger partial charge in [0, 0.05) is 0 Å². The molecular weight excluding hydrogens is 376 g/mol. The molecule has 0 aromatic heterocycles. The molecule has 2 N–H and O–H groups in total. The maximum absolute atomic E-state index is 12.5. The monoisotopic (exact) mass is 396 g/mol. The van der Waals surface area contributed by atoms with Gasteiger partial charge in [0.2, 0.25) is 6.41 Å². The minimum Gasteiger partial charge on any atom is -0.481 e. The number of allylic oxidation sites excluding steroid dienone is 3. The lowest BCUT2D eigenvalue weighted by Crippen LogP contribution is -2.53. The minimum atomic E-state index is -0.733. The molecule has 0 aromatic carbocycles. The number of aliphatic carboxylic acids is 1. The van der Waals surface area contributed by atoms with Gasteiger partial charge in [0.15, 0.2) is 0 Å². The van der Waals surface area contributed by atoms with Gasteiger partial charge in [-0.05, 0) is 67.5 Å². The Kier molecular flexibility index (Phi) is 4.10. The van der Waals surface area contributed by atoms with Crippen LogP contribution in [0.1, 0.15) is 46.0 Å². The molecule has 2 spiro atoms. The molecule has 2 saturated carbocycles. The number of carboxylic acids is 1. The van der Waals surface area contributed by atoms with Crippen LogP contribution in [0.5, 0.6) is 0 Å². The van der Waals surface area contributed by atoms with Crippen molar-refractivity contribution in [3.63, 3.8) is 0 Å². The molecule has 1 heterocycles. The summed E-state index contributed by atoms with van der Waals surface area (Å²) in [4.78, 5) is 37.0. The van der Waals surface area contributed by atoms with Crippen LogP contribution in [0, 0.1) is 11.3 Å². The minimum absolute atomic E-state index is 0.135. The molecule has 1 aliphatic heterocycles. The van der Waals surface area contributed by atoms with Crippen LogP contribution in [-0.2, 0) is 14.4 Å². The zero-order valence-electron chi connectivity index (χ0n) is 13.8. The number of carboxylic acid groups (broad SMARTS) is 1. The number of hydrogen-bond donors (Lipinski definition) is 2. The molecule has 2 amide bonds. The van der Waals surface area contributed by atoms with E-state index in [0.717, 1.165) is 10.1 Å². The highest BCUT2D eigenvalue weighted by Gasteiger charge is 2.63. The third kappa shape index (κ3) is 2.59. The van der Waals surface area contributed by atoms with Gasteiger partial charge < -0.3 is 10.4 Å². The molecule has 0 bridgehead atoms. The summed E-state index contributed by atoms with van der Waals surface area (Å²) in [7, 11) is 0. The molecule has 24 heavy (non-hydrogen) atoms. The van der Waals surface area contributed by atoms with Gasteiger partial charge in [0.1, 0.15) is 11.4 Å². The predicted octanol–water partition coefficient (Wildman–Crippen LogP) is 2.51. The summed E-state index contributed by atoms with van der Waals surface area (Å²) in [6.07, 6.45) is 5.86. The highest BCUT2D eigenvalue weighted by atomic mass is 79.9. The predicted molar refractivity (Wildman–Crippen MR) is 90.8 cm³/mol. The van der Waals surface area contributed by atoms with Crippen molar-refractivity contribution in [3.8, 4) is 0 Å². The second kappa shape index (κ2) is 5.72. The molecule has 6 nitrogen and oxygen atoms in total. The van der Waals surface area contributed by atoms with Crippen molar-refractivity contribution in [2.24, 2.45) is 11.3 Å². The highest BCUT2D eigenvalue weighted by Crippen LogP contribution is 2.63. The number of hydrogen-bond acceptors (Lipinski definition) is 3. The molecule has 3 aliphatic rings. The molecule has 0 aromatic rings. The largest absolute Gasteiger partial charge is 0.481 e. The summed E-state index contributed by atoms with van der Waals surface area (Å²) >= 11 is 3.35. The molecule has 3 rings (SSSR count). The first-order valence-corrected chi connectivity index (χ1v) is 8.89. The van der Waals surface area contributed by atoms with E-state index >= 15 is 0 Å². The topological polar surface area (TPSA) is 86.7 Å². The summed E-state index contributed by atoms with van der Waals surface area (Å²) in [6.45, 7) is 3.67. The number of carbonyl (C=O) groups is 3. The molecule has 1 saturated heterocycles. The lowest BCUT2D eigenvalue weighted by atomic mass is 9.77. The number of amides is 2. The molecule has 1 atom stereocenters. The fourth-order valence-corrected chi connectivity index (χ4v) is 4.66. The SMILES string of the molecule is CC(/C=C(\C)Br)=C1\C(=O)NC2(CCC3(CC2)CC3C(=O)O)N1C=O. The van der Waals surface area contributed by atoms with Crippen LogP contribution in [0.2, 0.25) is 0 Å². The maximum Gasteiger partial charge on any atom is 0.307 e. The van der Waals surface area contributed by atoms with Gasteiger partial charge in [-0.25, -0.2) is 0 Å². The van der Waals surface area contributed by atoms with Gasteiger partial charge in [-0.15, -0.1) is 0 Å². The molecule has 2 aliphatic carbocycles. The third-order valence-electron chi connectivity index (χ3n) is 5.72. The fourth-order valence-electron chi connectivity index (χ4n) is 4.32. The molecule has 7 heteroatoms. The molecular formula is C17H21BrN2O4. The van der Waals surface area contributed by atoms with Crippen LogP contribution in [-0.4, -0.2) is 34.0 Å². The zero-order valence-corrected chi connectivity index (χ0v) is 15.4. The number of halogens is 1. The van der Waals surface area contributed by atoms with Gasteiger partial charge in [-0.2, -0.15) is 0 Å². The first kappa shape index (κ1) is 17.2. The van der Waals surface area contributed by atoms with Gasteiger partial charge in [0.25, 0.3) is 5.91 Å². The maximum atomic E-state index is 12.5. The summed E-state index contributed by atoms with van der Waals surface area (Å²) in [5.74, 6) is -1.25. The van der Waals surface area contributed by atoms with Crippen molar-refractivity contribution in [3.05, 3.63) is 21.8 Å². The molecule has 3 fully saturated rings. The van der Waals surface area contributed by atoms with E-state index in [1.807, 2.05) is 13.0 Å². The smallest absolute Gasteiger partial charge is 0.307 e. The van der Waals surface area contributed by atoms with Gasteiger partial charge in [-0.1, -0.05) is 15.9 Å².